The summed E-state index contributed by atoms with van der Waals surface area (Å²) in [5.74, 6) is -0.403. The van der Waals surface area contributed by atoms with E-state index in [1.807, 2.05) is 12.3 Å². The van der Waals surface area contributed by atoms with Crippen LogP contribution < -0.4 is 0 Å². The largest absolute Gasteiger partial charge is 0.394 e. The average molecular weight is 433 g/mol. The van der Waals surface area contributed by atoms with Crippen molar-refractivity contribution in [3.8, 4) is 22.4 Å². The second-order valence-corrected chi connectivity index (χ2v) is 7.67. The number of aliphatic hydroxyl groups excluding tert-OH is 1. The summed E-state index contributed by atoms with van der Waals surface area (Å²) in [5, 5.41) is 29.2. The molecule has 3 N–H and O–H groups in total. The molecular formula is C23H20FN5O3. The number of hydrogen-bond acceptors (Lipinski definition) is 6. The SMILES string of the molecule is CC(O)(c1cc(-c2c[nH]c3ncc(-c4cnn(CCO)c4)cc23)no1)c1ccccc1F. The first kappa shape index (κ1) is 20.1. The Hall–Kier alpha value is -3.82. The Morgan fingerprint density at radius 3 is 2.84 bits per heavy atom. The van der Waals surface area contributed by atoms with Gasteiger partial charge in [-0.2, -0.15) is 5.10 Å². The van der Waals surface area contributed by atoms with Crippen LogP contribution in [0, 0.1) is 5.82 Å². The average Bonchev–Trinajstić information content (AvgIpc) is 3.53. The maximum atomic E-state index is 14.3. The van der Waals surface area contributed by atoms with Crippen LogP contribution in [0.1, 0.15) is 18.2 Å². The Labute approximate surface area is 181 Å². The predicted octanol–water partition coefficient (Wildman–Crippen LogP) is 3.47. The van der Waals surface area contributed by atoms with Crippen LogP contribution in [0.2, 0.25) is 0 Å². The molecule has 1 atom stereocenters. The zero-order valence-corrected chi connectivity index (χ0v) is 17.2. The second kappa shape index (κ2) is 7.70. The minimum atomic E-state index is -1.69. The van der Waals surface area contributed by atoms with Gasteiger partial charge in [0.25, 0.3) is 0 Å². The molecule has 0 saturated carbocycles. The first-order chi connectivity index (χ1) is 15.5. The molecule has 0 spiro atoms. The van der Waals surface area contributed by atoms with E-state index in [9.17, 15) is 9.50 Å². The molecule has 1 aromatic carbocycles. The fourth-order valence-corrected chi connectivity index (χ4v) is 3.73. The number of nitrogens with one attached hydrogen (secondary N) is 1. The summed E-state index contributed by atoms with van der Waals surface area (Å²) in [6.45, 7) is 1.88. The Morgan fingerprint density at radius 1 is 1.19 bits per heavy atom. The van der Waals surface area contributed by atoms with E-state index in [0.717, 1.165) is 22.1 Å². The highest BCUT2D eigenvalue weighted by Gasteiger charge is 2.33. The Morgan fingerprint density at radius 2 is 2.03 bits per heavy atom. The first-order valence-corrected chi connectivity index (χ1v) is 10.0. The Balaban J connectivity index is 1.53. The van der Waals surface area contributed by atoms with Crippen LogP contribution in [0.15, 0.2) is 65.7 Å². The summed E-state index contributed by atoms with van der Waals surface area (Å²) in [4.78, 5) is 7.58. The molecular weight excluding hydrogens is 413 g/mol. The zero-order chi connectivity index (χ0) is 22.3. The highest BCUT2D eigenvalue weighted by Crippen LogP contribution is 2.35. The molecule has 0 saturated heterocycles. The van der Waals surface area contributed by atoms with Crippen molar-refractivity contribution in [2.24, 2.45) is 0 Å². The van der Waals surface area contributed by atoms with Gasteiger partial charge in [-0.15, -0.1) is 0 Å². The third-order valence-corrected chi connectivity index (χ3v) is 5.49. The molecule has 5 aromatic rings. The van der Waals surface area contributed by atoms with Crippen molar-refractivity contribution in [1.82, 2.24) is 24.9 Å². The van der Waals surface area contributed by atoms with Gasteiger partial charge in [-0.3, -0.25) is 4.68 Å². The van der Waals surface area contributed by atoms with E-state index in [2.05, 4.69) is 20.2 Å². The number of halogens is 1. The summed E-state index contributed by atoms with van der Waals surface area (Å²) in [6, 6.07) is 9.57. The van der Waals surface area contributed by atoms with E-state index in [-0.39, 0.29) is 17.9 Å². The van der Waals surface area contributed by atoms with E-state index >= 15 is 0 Å². The monoisotopic (exact) mass is 433 g/mol. The number of aromatic nitrogens is 5. The van der Waals surface area contributed by atoms with Gasteiger partial charge < -0.3 is 19.7 Å². The van der Waals surface area contributed by atoms with Crippen molar-refractivity contribution >= 4 is 11.0 Å². The number of nitrogens with zero attached hydrogens (tertiary/aromatic N) is 4. The lowest BCUT2D eigenvalue weighted by Gasteiger charge is -2.20. The van der Waals surface area contributed by atoms with Gasteiger partial charge >= 0.3 is 0 Å². The van der Waals surface area contributed by atoms with Gasteiger partial charge in [-0.25, -0.2) is 9.37 Å². The van der Waals surface area contributed by atoms with E-state index in [0.29, 0.717) is 17.9 Å². The molecule has 5 rings (SSSR count). The summed E-state index contributed by atoms with van der Waals surface area (Å²) in [5.41, 5.74) is 2.01. The molecule has 0 aliphatic rings. The normalized spacial score (nSPS) is 13.5. The molecule has 4 heterocycles. The van der Waals surface area contributed by atoms with Crippen LogP contribution >= 0.6 is 0 Å². The molecule has 0 bridgehead atoms. The maximum absolute atomic E-state index is 14.3. The van der Waals surface area contributed by atoms with E-state index in [4.69, 9.17) is 9.63 Å². The number of benzene rings is 1. The summed E-state index contributed by atoms with van der Waals surface area (Å²) >= 11 is 0. The predicted molar refractivity (Wildman–Crippen MR) is 115 cm³/mol. The van der Waals surface area contributed by atoms with Crippen LogP contribution in [0.4, 0.5) is 4.39 Å². The molecule has 0 amide bonds. The van der Waals surface area contributed by atoms with Crippen molar-refractivity contribution in [2.45, 2.75) is 19.1 Å². The van der Waals surface area contributed by atoms with Crippen molar-refractivity contribution in [2.75, 3.05) is 6.61 Å². The highest BCUT2D eigenvalue weighted by atomic mass is 19.1. The molecule has 0 aliphatic heterocycles. The van der Waals surface area contributed by atoms with Gasteiger partial charge in [-0.05, 0) is 19.1 Å². The zero-order valence-electron chi connectivity index (χ0n) is 17.2. The first-order valence-electron chi connectivity index (χ1n) is 10.0. The van der Waals surface area contributed by atoms with E-state index in [1.165, 1.54) is 19.1 Å². The molecule has 162 valence electrons. The lowest BCUT2D eigenvalue weighted by Crippen LogP contribution is -2.23. The third-order valence-electron chi connectivity index (χ3n) is 5.49. The van der Waals surface area contributed by atoms with Crippen molar-refractivity contribution in [3.05, 3.63) is 78.3 Å². The number of aromatic amines is 1. The van der Waals surface area contributed by atoms with Crippen LogP contribution in [-0.2, 0) is 12.1 Å². The van der Waals surface area contributed by atoms with Gasteiger partial charge in [0.2, 0.25) is 0 Å². The Kier molecular flexibility index (Phi) is 4.84. The summed E-state index contributed by atoms with van der Waals surface area (Å²) in [7, 11) is 0. The lowest BCUT2D eigenvalue weighted by atomic mass is 9.92. The number of pyridine rings is 1. The Bertz CT molecular complexity index is 1400. The van der Waals surface area contributed by atoms with Gasteiger partial charge in [0, 0.05) is 52.3 Å². The van der Waals surface area contributed by atoms with Gasteiger partial charge in [0.1, 0.15) is 22.8 Å². The quantitative estimate of drug-likeness (QED) is 0.378. The topological polar surface area (TPSA) is 113 Å². The number of aliphatic hydroxyl groups is 2. The molecule has 0 aliphatic carbocycles. The van der Waals surface area contributed by atoms with Gasteiger partial charge in [0.15, 0.2) is 5.76 Å². The number of H-pyrrole nitrogens is 1. The van der Waals surface area contributed by atoms with Gasteiger partial charge in [0.05, 0.1) is 19.3 Å². The molecule has 32 heavy (non-hydrogen) atoms. The standard InChI is InChI=1S/C23H20FN5O3/c1-23(31,18-4-2-3-5-19(18)24)21-9-20(28-32-21)17-12-26-22-16(17)8-14(10-25-22)15-11-27-29(13-15)6-7-30/h2-5,8-13,30-31H,6-7H2,1H3,(H,25,26). The number of hydrogen-bond donors (Lipinski definition) is 3. The molecule has 8 nitrogen and oxygen atoms in total. The van der Waals surface area contributed by atoms with Crippen LogP contribution in [-0.4, -0.2) is 41.7 Å². The molecule has 9 heteroatoms. The number of fused-ring (bicyclic) bond motifs is 1. The fourth-order valence-electron chi connectivity index (χ4n) is 3.73. The van der Waals surface area contributed by atoms with Crippen LogP contribution in [0.3, 0.4) is 0 Å². The van der Waals surface area contributed by atoms with Crippen molar-refractivity contribution in [1.29, 1.82) is 0 Å². The minimum Gasteiger partial charge on any atom is -0.394 e. The summed E-state index contributed by atoms with van der Waals surface area (Å²) < 4.78 is 21.3. The van der Waals surface area contributed by atoms with Crippen LogP contribution in [0.5, 0.6) is 0 Å². The maximum Gasteiger partial charge on any atom is 0.173 e. The highest BCUT2D eigenvalue weighted by molar-refractivity contribution is 5.94. The van der Waals surface area contributed by atoms with E-state index < -0.39 is 11.4 Å². The van der Waals surface area contributed by atoms with Crippen molar-refractivity contribution < 1.29 is 19.1 Å². The molecule has 1 unspecified atom stereocenters. The molecule has 4 aromatic heterocycles. The fraction of sp³-hybridized carbons (Fsp3) is 0.174. The molecule has 0 radical (unpaired) electrons. The summed E-state index contributed by atoms with van der Waals surface area (Å²) in [6.07, 6.45) is 7.05. The van der Waals surface area contributed by atoms with E-state index in [1.54, 1.807) is 41.5 Å². The minimum absolute atomic E-state index is 0.00547. The third kappa shape index (κ3) is 3.37. The lowest BCUT2D eigenvalue weighted by molar-refractivity contribution is 0.0658. The second-order valence-electron chi connectivity index (χ2n) is 7.67. The van der Waals surface area contributed by atoms with Crippen molar-refractivity contribution in [3.63, 3.8) is 0 Å². The smallest absolute Gasteiger partial charge is 0.173 e. The molecule has 0 fully saturated rings. The van der Waals surface area contributed by atoms with Gasteiger partial charge in [-0.1, -0.05) is 23.4 Å². The number of rotatable bonds is 6. The van der Waals surface area contributed by atoms with Crippen LogP contribution in [0.25, 0.3) is 33.4 Å².